The van der Waals surface area contributed by atoms with Crippen LogP contribution in [-0.2, 0) is 17.3 Å². The quantitative estimate of drug-likeness (QED) is 0.0796. The summed E-state index contributed by atoms with van der Waals surface area (Å²) in [5.41, 5.74) is 13.2. The average molecular weight is 1010 g/mol. The van der Waals surface area contributed by atoms with Gasteiger partial charge in [0, 0.05) is 84.2 Å². The van der Waals surface area contributed by atoms with E-state index in [0.29, 0.717) is 5.75 Å². The van der Waals surface area contributed by atoms with E-state index in [0.717, 1.165) is 64.4 Å². The molecule has 4 nitrogen and oxygen atoms in total. The number of allylic oxidation sites excluding steroid dienone is 7. The van der Waals surface area contributed by atoms with Gasteiger partial charge in [-0.1, -0.05) is 109 Å². The zero-order chi connectivity index (χ0) is 45.5. The van der Waals surface area contributed by atoms with Crippen LogP contribution in [0, 0.1) is 0 Å². The molecule has 65 heavy (non-hydrogen) atoms. The number of phenolic OH excluding ortho intramolecular Hbond substituents is 1. The van der Waals surface area contributed by atoms with Gasteiger partial charge in [0.1, 0.15) is 12.3 Å². The van der Waals surface area contributed by atoms with Crippen molar-refractivity contribution < 1.29 is 9.68 Å². The topological polar surface area (TPSA) is 42.3 Å². The van der Waals surface area contributed by atoms with Gasteiger partial charge < -0.3 is 15.0 Å². The number of thioether (sulfide) groups is 1. The number of nitrogens with zero attached hydrogens (tertiary/aromatic N) is 2. The number of fused-ring (bicyclic) bond motifs is 7. The number of aromatic amines is 1. The van der Waals surface area contributed by atoms with Crippen LogP contribution in [0.4, 0.5) is 11.4 Å². The number of aromatic hydroxyl groups is 1. The second kappa shape index (κ2) is 19.1. The van der Waals surface area contributed by atoms with Crippen molar-refractivity contribution in [1.82, 2.24) is 4.98 Å². The predicted molar refractivity (Wildman–Crippen MR) is 288 cm³/mol. The zero-order valence-electron chi connectivity index (χ0n) is 39.1. The Morgan fingerprint density at radius 3 is 2.23 bits per heavy atom. The Morgan fingerprint density at radius 1 is 0.754 bits per heavy atom. The van der Waals surface area contributed by atoms with Gasteiger partial charge in [-0.25, -0.2) is 0 Å². The first-order valence-electron chi connectivity index (χ1n) is 24.0. The number of phenols is 1. The minimum atomic E-state index is -0.164. The molecule has 7 heteroatoms. The van der Waals surface area contributed by atoms with Crippen molar-refractivity contribution in [2.45, 2.75) is 117 Å². The highest BCUT2D eigenvalue weighted by Crippen LogP contribution is 2.52. The number of H-pyrrole nitrogens is 1. The lowest BCUT2D eigenvalue weighted by Crippen LogP contribution is -2.28. The third-order valence-corrected chi connectivity index (χ3v) is 16.5. The number of benzene rings is 5. The van der Waals surface area contributed by atoms with Gasteiger partial charge in [-0.05, 0) is 157 Å². The summed E-state index contributed by atoms with van der Waals surface area (Å²) in [7, 11) is 0. The summed E-state index contributed by atoms with van der Waals surface area (Å²) in [5, 5.41) is 16.8. The van der Waals surface area contributed by atoms with E-state index in [9.17, 15) is 5.11 Å². The minimum Gasteiger partial charge on any atom is -0.508 e. The van der Waals surface area contributed by atoms with Gasteiger partial charge in [0.15, 0.2) is 5.71 Å². The van der Waals surface area contributed by atoms with Crippen molar-refractivity contribution >= 4 is 93.2 Å². The van der Waals surface area contributed by atoms with E-state index in [2.05, 4.69) is 179 Å². The molecule has 6 aromatic rings. The molecule has 336 valence electrons. The maximum atomic E-state index is 10.4. The largest absolute Gasteiger partial charge is 0.508 e. The van der Waals surface area contributed by atoms with E-state index < -0.39 is 0 Å². The Morgan fingerprint density at radius 2 is 1.48 bits per heavy atom. The summed E-state index contributed by atoms with van der Waals surface area (Å²) in [6.07, 6.45) is 23.5. The highest BCUT2D eigenvalue weighted by molar-refractivity contribution is 9.10. The average Bonchev–Trinajstić information content (AvgIpc) is 3.86. The zero-order valence-corrected chi connectivity index (χ0v) is 43.1. The Balaban J connectivity index is 1.13. The summed E-state index contributed by atoms with van der Waals surface area (Å²) in [6.45, 7) is 16.4. The summed E-state index contributed by atoms with van der Waals surface area (Å²) >= 11 is 9.50. The standard InChI is InChI=1S/C58H63Br2N3OS/c1-7-9-11-31-62-50-26-16-40-34-43(59)20-23-46(40)54(50)57(3,4)52(62)28-18-38-14-13-15-39(56(38)65-33-30-42-37-61-49-25-22-45(64)36-48(42)49)19-29-53-58(5,6)55-47-24-21-44(60)35-41(47)17-27-51(55)63(53)32-12-10-8-2/h16-29,34-37,61H,7-15,30-33H2,1-6H3/p+1. The first-order chi connectivity index (χ1) is 31.4. The molecule has 0 atom stereocenters. The molecule has 0 radical (unpaired) electrons. The van der Waals surface area contributed by atoms with E-state index in [-0.39, 0.29) is 10.8 Å². The third-order valence-electron chi connectivity index (χ3n) is 14.3. The van der Waals surface area contributed by atoms with E-state index in [1.54, 1.807) is 6.07 Å². The molecule has 2 aliphatic heterocycles. The molecule has 0 saturated heterocycles. The molecule has 9 rings (SSSR count). The first kappa shape index (κ1) is 45.8. The number of rotatable bonds is 15. The first-order valence-corrected chi connectivity index (χ1v) is 26.6. The van der Waals surface area contributed by atoms with E-state index >= 15 is 0 Å². The van der Waals surface area contributed by atoms with Gasteiger partial charge in [-0.2, -0.15) is 4.58 Å². The van der Waals surface area contributed by atoms with Gasteiger partial charge in [-0.3, -0.25) is 0 Å². The van der Waals surface area contributed by atoms with Crippen molar-refractivity contribution in [1.29, 1.82) is 0 Å². The fourth-order valence-corrected chi connectivity index (χ4v) is 13.0. The predicted octanol–water partition coefficient (Wildman–Crippen LogP) is 17.0. The molecular formula is C58H64Br2N3OS+. The summed E-state index contributed by atoms with van der Waals surface area (Å²) in [5.74, 6) is 1.26. The molecule has 2 N–H and O–H groups in total. The number of nitrogens with one attached hydrogen (secondary N) is 1. The van der Waals surface area contributed by atoms with Crippen LogP contribution in [0.1, 0.15) is 116 Å². The third kappa shape index (κ3) is 8.87. The number of aryl methyl sites for hydroxylation is 1. The number of halogens is 2. The number of hydrogen-bond donors (Lipinski definition) is 2. The molecule has 0 spiro atoms. The second-order valence-electron chi connectivity index (χ2n) is 19.4. The fraction of sp³-hybridized carbons (Fsp3) is 0.362. The summed E-state index contributed by atoms with van der Waals surface area (Å²) in [4.78, 5) is 7.51. The van der Waals surface area contributed by atoms with Crippen LogP contribution in [0.3, 0.4) is 0 Å². The van der Waals surface area contributed by atoms with Crippen LogP contribution < -0.4 is 4.90 Å². The fourth-order valence-electron chi connectivity index (χ4n) is 11.1. The lowest BCUT2D eigenvalue weighted by molar-refractivity contribution is -0.438. The van der Waals surface area contributed by atoms with E-state index in [4.69, 9.17) is 0 Å². The van der Waals surface area contributed by atoms with Gasteiger partial charge in [-0.15, -0.1) is 11.8 Å². The monoisotopic (exact) mass is 1010 g/mol. The molecule has 5 aromatic carbocycles. The Labute approximate surface area is 407 Å². The van der Waals surface area contributed by atoms with Crippen LogP contribution in [0.25, 0.3) is 32.4 Å². The summed E-state index contributed by atoms with van der Waals surface area (Å²) < 4.78 is 4.88. The van der Waals surface area contributed by atoms with Gasteiger partial charge >= 0.3 is 0 Å². The minimum absolute atomic E-state index is 0.164. The lowest BCUT2D eigenvalue weighted by Gasteiger charge is -2.28. The van der Waals surface area contributed by atoms with Crippen molar-refractivity contribution in [2.24, 2.45) is 0 Å². The molecule has 1 aromatic heterocycles. The maximum absolute atomic E-state index is 10.4. The second-order valence-corrected chi connectivity index (χ2v) is 22.4. The molecule has 3 heterocycles. The van der Waals surface area contributed by atoms with Gasteiger partial charge in [0.2, 0.25) is 5.69 Å². The highest BCUT2D eigenvalue weighted by atomic mass is 79.9. The molecule has 1 aliphatic carbocycles. The van der Waals surface area contributed by atoms with Crippen LogP contribution in [0.5, 0.6) is 5.75 Å². The molecule has 0 bridgehead atoms. The highest BCUT2D eigenvalue weighted by Gasteiger charge is 2.46. The van der Waals surface area contributed by atoms with Crippen molar-refractivity contribution in [3.05, 3.63) is 157 Å². The van der Waals surface area contributed by atoms with E-state index in [1.165, 1.54) is 116 Å². The Bertz CT molecular complexity index is 2960. The Kier molecular flexibility index (Phi) is 13.5. The summed E-state index contributed by atoms with van der Waals surface area (Å²) in [6, 6.07) is 28.5. The van der Waals surface area contributed by atoms with Gasteiger partial charge in [0.05, 0.1) is 5.41 Å². The number of aromatic nitrogens is 1. The number of unbranched alkanes of at least 4 members (excludes halogenated alkanes) is 4. The van der Waals surface area contributed by atoms with Gasteiger partial charge in [0.25, 0.3) is 0 Å². The SMILES string of the molecule is CCCCCN1/C(=C/C=C2\CCCC(/C=C/C3=[N+](CCCCC)c4ccc5cc(Br)ccc5c4C3(C)C)=C2SCCc2c[nH]c3ccc(O)cc23)C(C)(C)c2c1ccc1cc(Br)ccc21. The lowest BCUT2D eigenvalue weighted by atomic mass is 9.78. The number of hydrogen-bond acceptors (Lipinski definition) is 3. The van der Waals surface area contributed by atoms with Crippen LogP contribution in [-0.4, -0.2) is 39.2 Å². The van der Waals surface area contributed by atoms with Crippen molar-refractivity contribution in [2.75, 3.05) is 23.7 Å². The van der Waals surface area contributed by atoms with Crippen LogP contribution in [0.2, 0.25) is 0 Å². The smallest absolute Gasteiger partial charge is 0.210 e. The van der Waals surface area contributed by atoms with Crippen molar-refractivity contribution in [3.63, 3.8) is 0 Å². The molecule has 0 amide bonds. The van der Waals surface area contributed by atoms with Crippen LogP contribution in [0.15, 0.2) is 140 Å². The molecule has 0 fully saturated rings. The van der Waals surface area contributed by atoms with Crippen molar-refractivity contribution in [3.8, 4) is 5.75 Å². The Hall–Kier alpha value is -4.30. The molecule has 0 unspecified atom stereocenters. The molecule has 0 saturated carbocycles. The maximum Gasteiger partial charge on any atom is 0.210 e. The number of anilines is 1. The molecule has 3 aliphatic rings. The normalized spacial score (nSPS) is 18.2. The van der Waals surface area contributed by atoms with E-state index in [1.807, 2.05) is 23.9 Å². The van der Waals surface area contributed by atoms with Crippen LogP contribution >= 0.6 is 43.6 Å². The molecular weight excluding hydrogens is 947 g/mol.